The van der Waals surface area contributed by atoms with Crippen molar-refractivity contribution in [3.63, 3.8) is 0 Å². The zero-order valence-corrected chi connectivity index (χ0v) is 16.9. The Balaban J connectivity index is 1.19. The molecule has 5 rings (SSSR count). The first-order valence-corrected chi connectivity index (χ1v) is 10.9. The topological polar surface area (TPSA) is 61.9 Å². The Hall–Kier alpha value is -2.51. The van der Waals surface area contributed by atoms with Crippen molar-refractivity contribution in [2.24, 2.45) is 0 Å². The normalized spacial score (nSPS) is 23.2. The molecule has 2 unspecified atom stereocenters. The molecule has 0 saturated carbocycles. The number of rotatable bonds is 3. The molecule has 3 aliphatic heterocycles. The predicted molar refractivity (Wildman–Crippen MR) is 112 cm³/mol. The average Bonchev–Trinajstić information content (AvgIpc) is 3.16. The number of benzene rings is 2. The summed E-state index contributed by atoms with van der Waals surface area (Å²) in [4.78, 5) is 30.0. The van der Waals surface area contributed by atoms with Crippen LogP contribution in [-0.2, 0) is 9.53 Å². The summed E-state index contributed by atoms with van der Waals surface area (Å²) in [5, 5.41) is 3.68. The highest BCUT2D eigenvalue weighted by atomic mass is 32.2. The number of hydrogen-bond acceptors (Lipinski definition) is 5. The molecule has 2 amide bonds. The molecule has 0 bridgehead atoms. The second-order valence-electron chi connectivity index (χ2n) is 7.53. The van der Waals surface area contributed by atoms with Gasteiger partial charge in [-0.25, -0.2) is 0 Å². The molecule has 150 valence electrons. The number of carbonyl (C=O) groups excluding carboxylic acids is 2. The maximum atomic E-state index is 12.9. The lowest BCUT2D eigenvalue weighted by atomic mass is 10.1. The number of carbonyl (C=O) groups is 2. The van der Waals surface area contributed by atoms with Gasteiger partial charge in [-0.3, -0.25) is 9.59 Å². The first kappa shape index (κ1) is 18.5. The lowest BCUT2D eigenvalue weighted by Crippen LogP contribution is -2.54. The van der Waals surface area contributed by atoms with E-state index >= 15 is 0 Å². The van der Waals surface area contributed by atoms with Gasteiger partial charge in [-0.05, 0) is 29.8 Å². The molecule has 1 N–H and O–H groups in total. The number of para-hydroxylation sites is 1. The minimum atomic E-state index is -0.266. The predicted octanol–water partition coefficient (Wildman–Crippen LogP) is 2.98. The van der Waals surface area contributed by atoms with Crippen molar-refractivity contribution < 1.29 is 14.3 Å². The maximum Gasteiger partial charge on any atom is 0.253 e. The van der Waals surface area contributed by atoms with Crippen LogP contribution in [0.4, 0.5) is 5.69 Å². The largest absolute Gasteiger partial charge is 0.368 e. The molecule has 6 nitrogen and oxygen atoms in total. The Labute approximate surface area is 174 Å². The number of ether oxygens (including phenoxy) is 1. The van der Waals surface area contributed by atoms with Crippen LogP contribution in [0.3, 0.4) is 0 Å². The summed E-state index contributed by atoms with van der Waals surface area (Å²) in [6.45, 7) is 2.95. The van der Waals surface area contributed by atoms with Crippen molar-refractivity contribution in [3.8, 4) is 0 Å². The van der Waals surface area contributed by atoms with Gasteiger partial charge in [-0.15, -0.1) is 0 Å². The molecule has 0 radical (unpaired) electrons. The highest BCUT2D eigenvalue weighted by molar-refractivity contribution is 8.00. The molecule has 0 aliphatic carbocycles. The number of nitrogens with one attached hydrogen (secondary N) is 1. The van der Waals surface area contributed by atoms with E-state index in [2.05, 4.69) is 17.4 Å². The molecule has 7 heteroatoms. The van der Waals surface area contributed by atoms with Crippen LogP contribution in [0.2, 0.25) is 0 Å². The second kappa shape index (κ2) is 7.72. The van der Waals surface area contributed by atoms with Gasteiger partial charge in [0.2, 0.25) is 0 Å². The summed E-state index contributed by atoms with van der Waals surface area (Å²) in [6, 6.07) is 16.1. The summed E-state index contributed by atoms with van der Waals surface area (Å²) >= 11 is 1.79. The molecule has 3 aliphatic rings. The zero-order chi connectivity index (χ0) is 19.8. The number of amides is 2. The quantitative estimate of drug-likeness (QED) is 0.845. The number of hydrogen-bond donors (Lipinski definition) is 1. The molecule has 0 aromatic heterocycles. The standard InChI is InChI=1S/C22H23N3O3S/c26-21(24-10-12-25(13-11-24)22(27)18-9-14-28-18)16-7-5-15(6-8-16)20-23-17-3-1-2-4-19(17)29-20/h1-8,18,20,23H,9-14H2. The lowest BCUT2D eigenvalue weighted by molar-refractivity contribution is -0.157. The van der Waals surface area contributed by atoms with E-state index in [1.165, 1.54) is 4.90 Å². The van der Waals surface area contributed by atoms with E-state index in [0.717, 1.165) is 17.7 Å². The van der Waals surface area contributed by atoms with E-state index < -0.39 is 0 Å². The number of thioether (sulfide) groups is 1. The van der Waals surface area contributed by atoms with Crippen LogP contribution in [-0.4, -0.2) is 60.5 Å². The number of nitrogens with zero attached hydrogens (tertiary/aromatic N) is 2. The molecular formula is C22H23N3O3S. The number of piperazine rings is 1. The highest BCUT2D eigenvalue weighted by Crippen LogP contribution is 2.46. The van der Waals surface area contributed by atoms with Gasteiger partial charge in [0.1, 0.15) is 11.5 Å². The minimum Gasteiger partial charge on any atom is -0.368 e. The monoisotopic (exact) mass is 409 g/mol. The van der Waals surface area contributed by atoms with E-state index in [9.17, 15) is 9.59 Å². The van der Waals surface area contributed by atoms with Gasteiger partial charge in [0, 0.05) is 48.7 Å². The van der Waals surface area contributed by atoms with Crippen LogP contribution >= 0.6 is 11.8 Å². The third-order valence-electron chi connectivity index (χ3n) is 5.73. The summed E-state index contributed by atoms with van der Waals surface area (Å²) < 4.78 is 5.28. The van der Waals surface area contributed by atoms with Gasteiger partial charge < -0.3 is 19.9 Å². The minimum absolute atomic E-state index is 0.0267. The Kier molecular flexibility index (Phi) is 4.93. The molecule has 2 atom stereocenters. The fourth-order valence-corrected chi connectivity index (χ4v) is 5.03. The molecule has 2 saturated heterocycles. The van der Waals surface area contributed by atoms with E-state index in [4.69, 9.17) is 4.74 Å². The summed E-state index contributed by atoms with van der Waals surface area (Å²) in [5.41, 5.74) is 3.00. The van der Waals surface area contributed by atoms with Crippen molar-refractivity contribution in [2.45, 2.75) is 22.8 Å². The third-order valence-corrected chi connectivity index (χ3v) is 6.97. The van der Waals surface area contributed by atoms with Gasteiger partial charge in [0.15, 0.2) is 0 Å². The fourth-order valence-electron chi connectivity index (χ4n) is 3.88. The van der Waals surface area contributed by atoms with Gasteiger partial charge in [-0.1, -0.05) is 36.0 Å². The van der Waals surface area contributed by atoms with E-state index in [1.54, 1.807) is 11.8 Å². The Morgan fingerprint density at radius 1 is 0.966 bits per heavy atom. The lowest BCUT2D eigenvalue weighted by Gasteiger charge is -2.38. The molecule has 3 heterocycles. The molecule has 2 fully saturated rings. The first-order valence-electron chi connectivity index (χ1n) is 10.0. The average molecular weight is 410 g/mol. The van der Waals surface area contributed by atoms with Crippen LogP contribution in [0.25, 0.3) is 0 Å². The first-order chi connectivity index (χ1) is 14.2. The smallest absolute Gasteiger partial charge is 0.253 e. The number of fused-ring (bicyclic) bond motifs is 1. The highest BCUT2D eigenvalue weighted by Gasteiger charge is 2.33. The van der Waals surface area contributed by atoms with Crippen molar-refractivity contribution >= 4 is 29.3 Å². The van der Waals surface area contributed by atoms with E-state index in [-0.39, 0.29) is 23.3 Å². The molecular weight excluding hydrogens is 386 g/mol. The Morgan fingerprint density at radius 2 is 1.66 bits per heavy atom. The Bertz CT molecular complexity index is 896. The Morgan fingerprint density at radius 3 is 2.31 bits per heavy atom. The molecule has 2 aromatic carbocycles. The van der Waals surface area contributed by atoms with Gasteiger partial charge in [0.25, 0.3) is 11.8 Å². The van der Waals surface area contributed by atoms with Crippen molar-refractivity contribution in [2.75, 3.05) is 38.1 Å². The number of anilines is 1. The van der Waals surface area contributed by atoms with Crippen LogP contribution in [0.5, 0.6) is 0 Å². The van der Waals surface area contributed by atoms with Crippen molar-refractivity contribution in [1.82, 2.24) is 9.80 Å². The molecule has 29 heavy (non-hydrogen) atoms. The maximum absolute atomic E-state index is 12.9. The van der Waals surface area contributed by atoms with Crippen LogP contribution in [0.15, 0.2) is 53.4 Å². The fraction of sp³-hybridized carbons (Fsp3) is 0.364. The summed E-state index contributed by atoms with van der Waals surface area (Å²) in [5.74, 6) is 0.0918. The van der Waals surface area contributed by atoms with E-state index in [1.807, 2.05) is 46.2 Å². The molecule has 0 spiro atoms. The van der Waals surface area contributed by atoms with Crippen molar-refractivity contribution in [3.05, 3.63) is 59.7 Å². The van der Waals surface area contributed by atoms with Crippen LogP contribution in [0.1, 0.15) is 27.7 Å². The van der Waals surface area contributed by atoms with Gasteiger partial charge >= 0.3 is 0 Å². The van der Waals surface area contributed by atoms with E-state index in [0.29, 0.717) is 38.3 Å². The second-order valence-corrected chi connectivity index (χ2v) is 8.67. The third kappa shape index (κ3) is 3.60. The summed E-state index contributed by atoms with van der Waals surface area (Å²) in [6.07, 6.45) is 0.543. The molecule has 2 aromatic rings. The van der Waals surface area contributed by atoms with Crippen LogP contribution in [0, 0.1) is 0 Å². The van der Waals surface area contributed by atoms with Gasteiger partial charge in [0.05, 0.1) is 6.61 Å². The SMILES string of the molecule is O=C(c1ccc(C2Nc3ccccc3S2)cc1)N1CCN(C(=O)C2CCO2)CC1. The van der Waals surface area contributed by atoms with Crippen LogP contribution < -0.4 is 5.32 Å². The van der Waals surface area contributed by atoms with Gasteiger partial charge in [-0.2, -0.15) is 0 Å². The zero-order valence-electron chi connectivity index (χ0n) is 16.0. The van der Waals surface area contributed by atoms with Crippen molar-refractivity contribution in [1.29, 1.82) is 0 Å². The summed E-state index contributed by atoms with van der Waals surface area (Å²) in [7, 11) is 0.